The molecule has 3 aromatic rings. The van der Waals surface area contributed by atoms with Gasteiger partial charge in [-0.2, -0.15) is 0 Å². The molecular formula is C15H11ClF2N2O. The monoisotopic (exact) mass is 308 g/mol. The fourth-order valence-corrected chi connectivity index (χ4v) is 2.20. The van der Waals surface area contributed by atoms with Crippen molar-refractivity contribution in [2.75, 3.05) is 0 Å². The Morgan fingerprint density at radius 2 is 1.95 bits per heavy atom. The van der Waals surface area contributed by atoms with E-state index in [2.05, 4.69) is 9.97 Å². The van der Waals surface area contributed by atoms with Gasteiger partial charge in [0.1, 0.15) is 11.6 Å². The van der Waals surface area contributed by atoms with Gasteiger partial charge in [-0.05, 0) is 25.1 Å². The van der Waals surface area contributed by atoms with Crippen LogP contribution < -0.4 is 4.74 Å². The topological polar surface area (TPSA) is 37.9 Å². The molecule has 1 N–H and O–H groups in total. The molecule has 0 bridgehead atoms. The zero-order valence-corrected chi connectivity index (χ0v) is 11.8. The summed E-state index contributed by atoms with van der Waals surface area (Å²) in [5.74, 6) is -0.770. The lowest BCUT2D eigenvalue weighted by Gasteiger charge is -2.12. The third-order valence-electron chi connectivity index (χ3n) is 3.04. The maximum absolute atomic E-state index is 13.2. The average Bonchev–Trinajstić information content (AvgIpc) is 2.82. The lowest BCUT2D eigenvalue weighted by molar-refractivity contribution is 0.218. The van der Waals surface area contributed by atoms with Crippen LogP contribution in [-0.2, 0) is 0 Å². The molecule has 108 valence electrons. The van der Waals surface area contributed by atoms with Crippen LogP contribution in [-0.4, -0.2) is 9.97 Å². The number of benzene rings is 2. The second kappa shape index (κ2) is 5.33. The number of aromatic amines is 1. The molecule has 1 atom stereocenters. The van der Waals surface area contributed by atoms with E-state index in [1.165, 1.54) is 0 Å². The summed E-state index contributed by atoms with van der Waals surface area (Å²) in [4.78, 5) is 7.14. The molecule has 3 nitrogen and oxygen atoms in total. The largest absolute Gasteiger partial charge is 0.483 e. The smallest absolute Gasteiger partial charge is 0.161 e. The molecule has 1 heterocycles. The fourth-order valence-electron chi connectivity index (χ4n) is 2.02. The fraction of sp³-hybridized carbons (Fsp3) is 0.133. The molecule has 1 aromatic heterocycles. The van der Waals surface area contributed by atoms with Crippen molar-refractivity contribution in [3.8, 4) is 5.75 Å². The van der Waals surface area contributed by atoms with Crippen LogP contribution >= 0.6 is 11.6 Å². The number of halogens is 3. The molecular weight excluding hydrogens is 298 g/mol. The second-order valence-electron chi connectivity index (χ2n) is 4.62. The van der Waals surface area contributed by atoms with Gasteiger partial charge in [0, 0.05) is 17.2 Å². The highest BCUT2D eigenvalue weighted by atomic mass is 35.5. The zero-order valence-electron chi connectivity index (χ0n) is 11.0. The lowest BCUT2D eigenvalue weighted by Crippen LogP contribution is -2.04. The van der Waals surface area contributed by atoms with E-state index in [0.29, 0.717) is 27.6 Å². The van der Waals surface area contributed by atoms with E-state index in [4.69, 9.17) is 16.3 Å². The van der Waals surface area contributed by atoms with E-state index in [-0.39, 0.29) is 0 Å². The van der Waals surface area contributed by atoms with Crippen molar-refractivity contribution in [2.45, 2.75) is 13.0 Å². The number of nitrogens with zero attached hydrogens (tertiary/aromatic N) is 1. The van der Waals surface area contributed by atoms with Crippen LogP contribution in [0.5, 0.6) is 5.75 Å². The van der Waals surface area contributed by atoms with Crippen molar-refractivity contribution in [2.24, 2.45) is 0 Å². The van der Waals surface area contributed by atoms with Crippen LogP contribution in [0, 0.1) is 11.6 Å². The van der Waals surface area contributed by atoms with E-state index in [1.807, 2.05) is 0 Å². The number of fused-ring (bicyclic) bond motifs is 1. The van der Waals surface area contributed by atoms with E-state index in [0.717, 1.165) is 12.1 Å². The first-order valence-electron chi connectivity index (χ1n) is 6.30. The van der Waals surface area contributed by atoms with Crippen molar-refractivity contribution < 1.29 is 13.5 Å². The van der Waals surface area contributed by atoms with Gasteiger partial charge in [-0.3, -0.25) is 0 Å². The van der Waals surface area contributed by atoms with Gasteiger partial charge in [0.15, 0.2) is 17.7 Å². The summed E-state index contributed by atoms with van der Waals surface area (Å²) in [7, 11) is 0. The molecule has 2 aromatic carbocycles. The second-order valence-corrected chi connectivity index (χ2v) is 5.06. The van der Waals surface area contributed by atoms with E-state index >= 15 is 0 Å². The van der Waals surface area contributed by atoms with Gasteiger partial charge in [0.05, 0.1) is 11.0 Å². The van der Waals surface area contributed by atoms with Gasteiger partial charge in [0.25, 0.3) is 0 Å². The van der Waals surface area contributed by atoms with Crippen molar-refractivity contribution in [1.29, 1.82) is 0 Å². The Morgan fingerprint density at radius 1 is 1.19 bits per heavy atom. The first kappa shape index (κ1) is 13.8. The summed E-state index contributed by atoms with van der Waals surface area (Å²) >= 11 is 5.89. The standard InChI is InChI=1S/C15H11ClF2N2O/c1-8(21-10-4-2-3-9(16)5-10)15-19-13-6-11(17)12(18)7-14(13)20-15/h2-8H,1H3,(H,19,20). The van der Waals surface area contributed by atoms with Gasteiger partial charge < -0.3 is 9.72 Å². The predicted octanol–water partition coefficient (Wildman–Crippen LogP) is 4.63. The molecule has 0 saturated carbocycles. The van der Waals surface area contributed by atoms with Crippen molar-refractivity contribution in [3.05, 3.63) is 58.9 Å². The van der Waals surface area contributed by atoms with Gasteiger partial charge in [-0.15, -0.1) is 0 Å². The highest BCUT2D eigenvalue weighted by Crippen LogP contribution is 2.25. The minimum atomic E-state index is -0.927. The number of hydrogen-bond acceptors (Lipinski definition) is 2. The zero-order chi connectivity index (χ0) is 15.0. The van der Waals surface area contributed by atoms with Crippen LogP contribution in [0.1, 0.15) is 18.9 Å². The summed E-state index contributed by atoms with van der Waals surface area (Å²) in [6.07, 6.45) is -0.415. The lowest BCUT2D eigenvalue weighted by atomic mass is 10.3. The maximum atomic E-state index is 13.2. The summed E-state index contributed by atoms with van der Waals surface area (Å²) < 4.78 is 32.1. The number of imidazole rings is 1. The Bertz CT molecular complexity index is 764. The molecule has 0 saturated heterocycles. The Labute approximate surface area is 124 Å². The highest BCUT2D eigenvalue weighted by molar-refractivity contribution is 6.30. The van der Waals surface area contributed by atoms with E-state index in [9.17, 15) is 8.78 Å². The number of hydrogen-bond donors (Lipinski definition) is 1. The SMILES string of the molecule is CC(Oc1cccc(Cl)c1)c1nc2cc(F)c(F)cc2[nH]1. The third kappa shape index (κ3) is 2.83. The molecule has 0 spiro atoms. The molecule has 0 aliphatic rings. The molecule has 0 aliphatic carbocycles. The molecule has 0 aliphatic heterocycles. The normalized spacial score (nSPS) is 12.6. The number of H-pyrrole nitrogens is 1. The van der Waals surface area contributed by atoms with Crippen molar-refractivity contribution >= 4 is 22.6 Å². The Hall–Kier alpha value is -2.14. The van der Waals surface area contributed by atoms with Crippen molar-refractivity contribution in [1.82, 2.24) is 9.97 Å². The van der Waals surface area contributed by atoms with Crippen LogP contribution in [0.2, 0.25) is 5.02 Å². The Morgan fingerprint density at radius 3 is 2.71 bits per heavy atom. The summed E-state index contributed by atoms with van der Waals surface area (Å²) in [5.41, 5.74) is 0.774. The molecule has 6 heteroatoms. The average molecular weight is 309 g/mol. The number of rotatable bonds is 3. The molecule has 1 unspecified atom stereocenters. The molecule has 21 heavy (non-hydrogen) atoms. The minimum Gasteiger partial charge on any atom is -0.483 e. The van der Waals surface area contributed by atoms with Gasteiger partial charge in [0.2, 0.25) is 0 Å². The van der Waals surface area contributed by atoms with Crippen LogP contribution in [0.3, 0.4) is 0 Å². The molecule has 0 radical (unpaired) electrons. The van der Waals surface area contributed by atoms with Crippen LogP contribution in [0.4, 0.5) is 8.78 Å². The predicted molar refractivity (Wildman–Crippen MR) is 76.5 cm³/mol. The van der Waals surface area contributed by atoms with Crippen molar-refractivity contribution in [3.63, 3.8) is 0 Å². The number of aromatic nitrogens is 2. The minimum absolute atomic E-state index is 0.352. The van der Waals surface area contributed by atoms with Crippen LogP contribution in [0.25, 0.3) is 11.0 Å². The highest BCUT2D eigenvalue weighted by Gasteiger charge is 2.14. The first-order valence-corrected chi connectivity index (χ1v) is 6.67. The Balaban J connectivity index is 1.89. The van der Waals surface area contributed by atoms with Gasteiger partial charge >= 0.3 is 0 Å². The number of ether oxygens (including phenoxy) is 1. The van der Waals surface area contributed by atoms with Gasteiger partial charge in [-0.1, -0.05) is 17.7 Å². The van der Waals surface area contributed by atoms with E-state index < -0.39 is 17.7 Å². The first-order chi connectivity index (χ1) is 10.0. The van der Waals surface area contributed by atoms with E-state index in [1.54, 1.807) is 31.2 Å². The summed E-state index contributed by atoms with van der Waals surface area (Å²) in [5, 5.41) is 0.563. The Kier molecular flexibility index (Phi) is 3.51. The molecule has 0 amide bonds. The number of nitrogens with one attached hydrogen (secondary N) is 1. The summed E-state index contributed by atoms with van der Waals surface area (Å²) in [6.45, 7) is 1.78. The summed E-state index contributed by atoms with van der Waals surface area (Å²) in [6, 6.07) is 9.09. The molecule has 0 fully saturated rings. The van der Waals surface area contributed by atoms with Gasteiger partial charge in [-0.25, -0.2) is 13.8 Å². The van der Waals surface area contributed by atoms with Crippen LogP contribution in [0.15, 0.2) is 36.4 Å². The third-order valence-corrected chi connectivity index (χ3v) is 3.27. The maximum Gasteiger partial charge on any atom is 0.161 e. The molecule has 3 rings (SSSR count). The quantitative estimate of drug-likeness (QED) is 0.765.